The first-order valence-electron chi connectivity index (χ1n) is 6.96. The smallest absolute Gasteiger partial charge is 0.244 e. The third-order valence-corrected chi connectivity index (χ3v) is 4.81. The van der Waals surface area contributed by atoms with E-state index < -0.39 is 0 Å². The molecule has 114 valence electrons. The van der Waals surface area contributed by atoms with Crippen molar-refractivity contribution < 1.29 is 4.52 Å². The minimum atomic E-state index is 0.0116. The van der Waals surface area contributed by atoms with Crippen molar-refractivity contribution in [3.63, 3.8) is 0 Å². The van der Waals surface area contributed by atoms with Crippen molar-refractivity contribution in [2.24, 2.45) is 0 Å². The molecule has 0 bridgehead atoms. The molecule has 2 aromatic heterocycles. The highest BCUT2D eigenvalue weighted by atomic mass is 35.5. The van der Waals surface area contributed by atoms with Crippen LogP contribution in [0.4, 0.5) is 0 Å². The van der Waals surface area contributed by atoms with Gasteiger partial charge in [-0.05, 0) is 37.0 Å². The highest BCUT2D eigenvalue weighted by Crippen LogP contribution is 2.26. The summed E-state index contributed by atoms with van der Waals surface area (Å²) in [4.78, 5) is 7.64. The summed E-state index contributed by atoms with van der Waals surface area (Å²) in [6, 6.07) is 11.8. The number of hydrogen-bond acceptors (Lipinski definition) is 5. The molecule has 0 aliphatic rings. The van der Waals surface area contributed by atoms with E-state index in [0.717, 1.165) is 22.0 Å². The number of halogens is 1. The Morgan fingerprint density at radius 3 is 2.82 bits per heavy atom. The second-order valence-electron chi connectivity index (χ2n) is 5.12. The monoisotopic (exact) mass is 333 g/mol. The highest BCUT2D eigenvalue weighted by molar-refractivity contribution is 7.13. The van der Waals surface area contributed by atoms with E-state index in [-0.39, 0.29) is 6.04 Å². The molecule has 0 aliphatic heterocycles. The van der Waals surface area contributed by atoms with E-state index in [1.807, 2.05) is 55.7 Å². The Kier molecular flexibility index (Phi) is 4.57. The third kappa shape index (κ3) is 3.21. The predicted molar refractivity (Wildman–Crippen MR) is 88.9 cm³/mol. The standard InChI is InChI=1S/C16H16ClN3OS/c1-11(20(2)10-12-6-3-4-7-13(12)17)16-18-15(19-21-16)14-8-5-9-22-14/h3-9,11H,10H2,1-2H3/t11-/m0/s1. The Bertz CT molecular complexity index is 741. The summed E-state index contributed by atoms with van der Waals surface area (Å²) >= 11 is 7.81. The number of thiophene rings is 1. The lowest BCUT2D eigenvalue weighted by Crippen LogP contribution is -2.22. The summed E-state index contributed by atoms with van der Waals surface area (Å²) in [5, 5.41) is 6.83. The van der Waals surface area contributed by atoms with Gasteiger partial charge < -0.3 is 4.52 Å². The summed E-state index contributed by atoms with van der Waals surface area (Å²) in [6.45, 7) is 2.76. The highest BCUT2D eigenvalue weighted by Gasteiger charge is 2.20. The van der Waals surface area contributed by atoms with Crippen LogP contribution in [0.3, 0.4) is 0 Å². The minimum Gasteiger partial charge on any atom is -0.337 e. The van der Waals surface area contributed by atoms with E-state index in [1.165, 1.54) is 0 Å². The second kappa shape index (κ2) is 6.60. The van der Waals surface area contributed by atoms with Crippen LogP contribution >= 0.6 is 22.9 Å². The molecule has 0 radical (unpaired) electrons. The number of rotatable bonds is 5. The quantitative estimate of drug-likeness (QED) is 0.682. The van der Waals surface area contributed by atoms with Crippen LogP contribution in [0, 0.1) is 0 Å². The molecule has 2 heterocycles. The fraction of sp³-hybridized carbons (Fsp3) is 0.250. The Balaban J connectivity index is 1.73. The maximum Gasteiger partial charge on any atom is 0.244 e. The lowest BCUT2D eigenvalue weighted by atomic mass is 10.2. The van der Waals surface area contributed by atoms with Crippen LogP contribution < -0.4 is 0 Å². The van der Waals surface area contributed by atoms with Crippen molar-refractivity contribution in [2.45, 2.75) is 19.5 Å². The van der Waals surface area contributed by atoms with Gasteiger partial charge >= 0.3 is 0 Å². The van der Waals surface area contributed by atoms with Gasteiger partial charge in [-0.2, -0.15) is 4.98 Å². The van der Waals surface area contributed by atoms with Gasteiger partial charge in [-0.15, -0.1) is 11.3 Å². The fourth-order valence-corrected chi connectivity index (χ4v) is 2.98. The second-order valence-corrected chi connectivity index (χ2v) is 6.47. The lowest BCUT2D eigenvalue weighted by molar-refractivity contribution is 0.203. The summed E-state index contributed by atoms with van der Waals surface area (Å²) in [6.07, 6.45) is 0. The van der Waals surface area contributed by atoms with E-state index in [1.54, 1.807) is 11.3 Å². The minimum absolute atomic E-state index is 0.0116. The Hall–Kier alpha value is -1.69. The van der Waals surface area contributed by atoms with Gasteiger partial charge in [0.05, 0.1) is 10.9 Å². The van der Waals surface area contributed by atoms with Crippen molar-refractivity contribution in [3.05, 3.63) is 58.3 Å². The van der Waals surface area contributed by atoms with Crippen LogP contribution in [-0.4, -0.2) is 22.1 Å². The largest absolute Gasteiger partial charge is 0.337 e. The number of hydrogen-bond donors (Lipinski definition) is 0. The molecule has 0 saturated heterocycles. The van der Waals surface area contributed by atoms with Gasteiger partial charge in [-0.3, -0.25) is 4.90 Å². The summed E-state index contributed by atoms with van der Waals surface area (Å²) in [5.74, 6) is 1.25. The summed E-state index contributed by atoms with van der Waals surface area (Å²) in [7, 11) is 2.02. The van der Waals surface area contributed by atoms with Crippen LogP contribution in [0.1, 0.15) is 24.4 Å². The molecule has 0 fully saturated rings. The molecule has 3 aromatic rings. The van der Waals surface area contributed by atoms with Gasteiger partial charge in [0, 0.05) is 11.6 Å². The van der Waals surface area contributed by atoms with Crippen LogP contribution in [0.2, 0.25) is 5.02 Å². The Morgan fingerprint density at radius 1 is 1.27 bits per heavy atom. The Labute approximate surface area is 138 Å². The third-order valence-electron chi connectivity index (χ3n) is 3.58. The summed E-state index contributed by atoms with van der Waals surface area (Å²) in [5.41, 5.74) is 1.08. The molecule has 4 nitrogen and oxygen atoms in total. The molecule has 0 N–H and O–H groups in total. The molecule has 0 saturated carbocycles. The van der Waals surface area contributed by atoms with Crippen molar-refractivity contribution in [1.82, 2.24) is 15.0 Å². The van der Waals surface area contributed by atoms with E-state index in [0.29, 0.717) is 11.7 Å². The van der Waals surface area contributed by atoms with Gasteiger partial charge in [0.2, 0.25) is 11.7 Å². The van der Waals surface area contributed by atoms with Crippen LogP contribution in [0.15, 0.2) is 46.3 Å². The molecular formula is C16H16ClN3OS. The van der Waals surface area contributed by atoms with Gasteiger partial charge in [-0.25, -0.2) is 0 Å². The average molecular weight is 334 g/mol. The molecule has 0 aliphatic carbocycles. The maximum absolute atomic E-state index is 6.21. The summed E-state index contributed by atoms with van der Waals surface area (Å²) < 4.78 is 5.41. The van der Waals surface area contributed by atoms with Crippen LogP contribution in [-0.2, 0) is 6.54 Å². The van der Waals surface area contributed by atoms with E-state index >= 15 is 0 Å². The van der Waals surface area contributed by atoms with Crippen molar-refractivity contribution >= 4 is 22.9 Å². The molecule has 0 spiro atoms. The van der Waals surface area contributed by atoms with E-state index in [2.05, 4.69) is 15.0 Å². The zero-order valence-corrected chi connectivity index (χ0v) is 13.9. The van der Waals surface area contributed by atoms with E-state index in [4.69, 9.17) is 16.1 Å². The van der Waals surface area contributed by atoms with Gasteiger partial charge in [0.15, 0.2) is 0 Å². The number of benzene rings is 1. The molecule has 1 atom stereocenters. The maximum atomic E-state index is 6.21. The molecule has 1 aromatic carbocycles. The zero-order valence-electron chi connectivity index (χ0n) is 12.4. The van der Waals surface area contributed by atoms with Crippen LogP contribution in [0.25, 0.3) is 10.7 Å². The molecular weight excluding hydrogens is 318 g/mol. The van der Waals surface area contributed by atoms with E-state index in [9.17, 15) is 0 Å². The fourth-order valence-electron chi connectivity index (χ4n) is 2.13. The normalized spacial score (nSPS) is 12.7. The van der Waals surface area contributed by atoms with Crippen molar-refractivity contribution in [1.29, 1.82) is 0 Å². The van der Waals surface area contributed by atoms with Gasteiger partial charge in [-0.1, -0.05) is 41.0 Å². The first-order chi connectivity index (χ1) is 10.6. The van der Waals surface area contributed by atoms with Crippen molar-refractivity contribution in [3.8, 4) is 10.7 Å². The lowest BCUT2D eigenvalue weighted by Gasteiger charge is -2.22. The number of nitrogens with zero attached hydrogens (tertiary/aromatic N) is 3. The molecule has 0 unspecified atom stereocenters. The van der Waals surface area contributed by atoms with Crippen molar-refractivity contribution in [2.75, 3.05) is 7.05 Å². The molecule has 6 heteroatoms. The average Bonchev–Trinajstić information content (AvgIpc) is 3.19. The first kappa shape index (κ1) is 15.2. The van der Waals surface area contributed by atoms with Gasteiger partial charge in [0.25, 0.3) is 0 Å². The van der Waals surface area contributed by atoms with Gasteiger partial charge in [0.1, 0.15) is 0 Å². The topological polar surface area (TPSA) is 42.2 Å². The SMILES string of the molecule is C[C@@H](c1nc(-c2cccs2)no1)N(C)Cc1ccccc1Cl. The number of aromatic nitrogens is 2. The molecule has 22 heavy (non-hydrogen) atoms. The first-order valence-corrected chi connectivity index (χ1v) is 8.22. The van der Waals surface area contributed by atoms with Crippen LogP contribution in [0.5, 0.6) is 0 Å². The predicted octanol–water partition coefficient (Wildman–Crippen LogP) is 4.64. The molecule has 3 rings (SSSR count). The Morgan fingerprint density at radius 2 is 2.09 bits per heavy atom. The zero-order chi connectivity index (χ0) is 15.5. The molecule has 0 amide bonds.